The van der Waals surface area contributed by atoms with Crippen LogP contribution in [0.15, 0.2) is 30.3 Å². The maximum Gasteiger partial charge on any atom is 0.344 e. The number of rotatable bonds is 6. The summed E-state index contributed by atoms with van der Waals surface area (Å²) in [5.74, 6) is 0.311. The predicted octanol–water partition coefficient (Wildman–Crippen LogP) is 3.55. The van der Waals surface area contributed by atoms with Gasteiger partial charge in [-0.25, -0.2) is 4.79 Å². The van der Waals surface area contributed by atoms with Gasteiger partial charge in [0.2, 0.25) is 0 Å². The molecule has 0 bridgehead atoms. The van der Waals surface area contributed by atoms with Crippen molar-refractivity contribution < 1.29 is 28.7 Å². The minimum absolute atomic E-state index is 0.0325. The Morgan fingerprint density at radius 3 is 2.89 bits per heavy atom. The first-order valence-corrected chi connectivity index (χ1v) is 8.37. The van der Waals surface area contributed by atoms with Gasteiger partial charge in [0.15, 0.2) is 13.4 Å². The molecule has 0 spiro atoms. The van der Waals surface area contributed by atoms with Crippen LogP contribution in [0, 0.1) is 17.0 Å². The monoisotopic (exact) mass is 393 g/mol. The molecule has 0 N–H and O–H groups in total. The fraction of sp³-hybridized carbons (Fsp3) is 0.278. The smallest absolute Gasteiger partial charge is 0.344 e. The minimum Gasteiger partial charge on any atom is -0.482 e. The van der Waals surface area contributed by atoms with Crippen LogP contribution in [-0.4, -0.2) is 24.3 Å². The number of aryl methyl sites for hydroxylation is 1. The minimum atomic E-state index is -0.616. The van der Waals surface area contributed by atoms with Crippen LogP contribution in [0.2, 0.25) is 5.02 Å². The molecule has 27 heavy (non-hydrogen) atoms. The number of hydrogen-bond acceptors (Lipinski definition) is 7. The molecule has 0 fully saturated rings. The molecule has 0 radical (unpaired) electrons. The lowest BCUT2D eigenvalue weighted by Crippen LogP contribution is -2.17. The number of carbonyl (C=O) groups is 1. The molecule has 3 rings (SSSR count). The van der Waals surface area contributed by atoms with E-state index in [1.54, 1.807) is 18.2 Å². The number of nitro benzene ring substituents is 1. The van der Waals surface area contributed by atoms with E-state index in [9.17, 15) is 14.9 Å². The van der Waals surface area contributed by atoms with Gasteiger partial charge in [0.25, 0.3) is 5.69 Å². The van der Waals surface area contributed by atoms with Gasteiger partial charge in [-0.2, -0.15) is 0 Å². The number of nitro groups is 1. The van der Waals surface area contributed by atoms with Gasteiger partial charge >= 0.3 is 5.97 Å². The van der Waals surface area contributed by atoms with E-state index in [0.29, 0.717) is 27.6 Å². The lowest BCUT2D eigenvalue weighted by atomic mass is 10.1. The zero-order valence-corrected chi connectivity index (χ0v) is 15.2. The Bertz CT molecular complexity index is 884. The van der Waals surface area contributed by atoms with Crippen LogP contribution in [0.3, 0.4) is 0 Å². The topological polar surface area (TPSA) is 97.1 Å². The quantitative estimate of drug-likeness (QED) is 0.420. The summed E-state index contributed by atoms with van der Waals surface area (Å²) in [4.78, 5) is 22.5. The third-order valence-electron chi connectivity index (χ3n) is 3.86. The molecule has 0 aromatic heterocycles. The van der Waals surface area contributed by atoms with Crippen molar-refractivity contribution in [3.63, 3.8) is 0 Å². The second-order valence-corrected chi connectivity index (χ2v) is 6.23. The van der Waals surface area contributed by atoms with Gasteiger partial charge in [-0.1, -0.05) is 11.6 Å². The van der Waals surface area contributed by atoms with Crippen molar-refractivity contribution >= 4 is 23.3 Å². The third kappa shape index (κ3) is 4.66. The maximum absolute atomic E-state index is 12.0. The first kappa shape index (κ1) is 18.9. The molecule has 9 heteroatoms. The van der Waals surface area contributed by atoms with E-state index in [2.05, 4.69) is 0 Å². The Hall–Kier alpha value is -2.84. The number of non-ortho nitro benzene ring substituents is 1. The normalized spacial score (nSPS) is 12.7. The Kier molecular flexibility index (Phi) is 5.78. The summed E-state index contributed by atoms with van der Waals surface area (Å²) in [7, 11) is 0. The van der Waals surface area contributed by atoms with E-state index in [1.165, 1.54) is 12.1 Å². The van der Waals surface area contributed by atoms with Crippen molar-refractivity contribution in [3.05, 3.63) is 62.2 Å². The first-order chi connectivity index (χ1) is 12.9. The van der Waals surface area contributed by atoms with E-state index in [4.69, 9.17) is 30.5 Å². The van der Waals surface area contributed by atoms with Crippen LogP contribution < -0.4 is 9.47 Å². The van der Waals surface area contributed by atoms with Crippen molar-refractivity contribution in [2.24, 2.45) is 0 Å². The van der Waals surface area contributed by atoms with Gasteiger partial charge in [-0.3, -0.25) is 10.1 Å². The molecule has 1 aliphatic heterocycles. The Morgan fingerprint density at radius 2 is 2.15 bits per heavy atom. The number of benzene rings is 2. The largest absolute Gasteiger partial charge is 0.482 e. The standard InChI is InChI=1S/C18H16ClNO7/c1-11-4-15(2-3-16(11)19)25-9-17(21)26-8-13-6-14(20(22)23)5-12-7-24-10-27-18(12)13/h2-6H,7-10H2,1H3. The number of halogens is 1. The summed E-state index contributed by atoms with van der Waals surface area (Å²) in [5.41, 5.74) is 1.64. The van der Waals surface area contributed by atoms with Gasteiger partial charge in [0.1, 0.15) is 18.1 Å². The molecule has 1 aliphatic rings. The molecule has 0 unspecified atom stereocenters. The van der Waals surface area contributed by atoms with E-state index in [-0.39, 0.29) is 32.3 Å². The summed E-state index contributed by atoms with van der Waals surface area (Å²) >= 11 is 5.94. The highest BCUT2D eigenvalue weighted by atomic mass is 35.5. The first-order valence-electron chi connectivity index (χ1n) is 7.99. The van der Waals surface area contributed by atoms with Gasteiger partial charge in [0.05, 0.1) is 11.5 Å². The SMILES string of the molecule is Cc1cc(OCC(=O)OCc2cc([N+](=O)[O-])cc3c2OCOC3)ccc1Cl. The fourth-order valence-electron chi connectivity index (χ4n) is 2.54. The molecule has 0 atom stereocenters. The van der Waals surface area contributed by atoms with Crippen molar-refractivity contribution in [1.29, 1.82) is 0 Å². The van der Waals surface area contributed by atoms with Gasteiger partial charge in [0, 0.05) is 28.3 Å². The van der Waals surface area contributed by atoms with Crippen molar-refractivity contribution in [2.75, 3.05) is 13.4 Å². The van der Waals surface area contributed by atoms with Crippen molar-refractivity contribution in [2.45, 2.75) is 20.1 Å². The van der Waals surface area contributed by atoms with E-state index in [0.717, 1.165) is 5.56 Å². The number of esters is 1. The van der Waals surface area contributed by atoms with E-state index >= 15 is 0 Å². The summed E-state index contributed by atoms with van der Waals surface area (Å²) in [5, 5.41) is 11.7. The van der Waals surface area contributed by atoms with Crippen LogP contribution in [-0.2, 0) is 27.5 Å². The van der Waals surface area contributed by atoms with Crippen LogP contribution in [0.5, 0.6) is 11.5 Å². The molecule has 8 nitrogen and oxygen atoms in total. The van der Waals surface area contributed by atoms with E-state index in [1.807, 2.05) is 6.92 Å². The van der Waals surface area contributed by atoms with Crippen LogP contribution in [0.25, 0.3) is 0 Å². The zero-order valence-electron chi connectivity index (χ0n) is 14.4. The molecular weight excluding hydrogens is 378 g/mol. The lowest BCUT2D eigenvalue weighted by molar-refractivity contribution is -0.385. The highest BCUT2D eigenvalue weighted by Gasteiger charge is 2.21. The molecule has 2 aromatic carbocycles. The van der Waals surface area contributed by atoms with Crippen LogP contribution >= 0.6 is 11.6 Å². The predicted molar refractivity (Wildman–Crippen MR) is 94.9 cm³/mol. The molecule has 0 aliphatic carbocycles. The number of carbonyl (C=O) groups excluding carboxylic acids is 1. The second kappa shape index (κ2) is 8.24. The molecule has 0 saturated heterocycles. The number of fused-ring (bicyclic) bond motifs is 1. The summed E-state index contributed by atoms with van der Waals surface area (Å²) in [6, 6.07) is 7.73. The maximum atomic E-state index is 12.0. The highest BCUT2D eigenvalue weighted by molar-refractivity contribution is 6.31. The summed E-state index contributed by atoms with van der Waals surface area (Å²) in [6.45, 7) is 1.57. The van der Waals surface area contributed by atoms with Crippen molar-refractivity contribution in [3.8, 4) is 11.5 Å². The number of nitrogens with zero attached hydrogens (tertiary/aromatic N) is 1. The molecule has 0 amide bonds. The van der Waals surface area contributed by atoms with Crippen molar-refractivity contribution in [1.82, 2.24) is 0 Å². The number of hydrogen-bond donors (Lipinski definition) is 0. The molecule has 0 saturated carbocycles. The lowest BCUT2D eigenvalue weighted by Gasteiger charge is -2.20. The van der Waals surface area contributed by atoms with Gasteiger partial charge in [-0.05, 0) is 30.7 Å². The van der Waals surface area contributed by atoms with Gasteiger partial charge in [-0.15, -0.1) is 0 Å². The molecular formula is C18H16ClNO7. The zero-order chi connectivity index (χ0) is 19.4. The molecule has 142 valence electrons. The Labute approximate surface area is 159 Å². The second-order valence-electron chi connectivity index (χ2n) is 5.82. The average molecular weight is 394 g/mol. The van der Waals surface area contributed by atoms with E-state index < -0.39 is 10.9 Å². The number of ether oxygens (including phenoxy) is 4. The van der Waals surface area contributed by atoms with Crippen LogP contribution in [0.1, 0.15) is 16.7 Å². The fourth-order valence-corrected chi connectivity index (χ4v) is 2.66. The molecule has 1 heterocycles. The Morgan fingerprint density at radius 1 is 1.33 bits per heavy atom. The highest BCUT2D eigenvalue weighted by Crippen LogP contribution is 2.33. The third-order valence-corrected chi connectivity index (χ3v) is 4.28. The Balaban J connectivity index is 1.63. The van der Waals surface area contributed by atoms with Gasteiger partial charge < -0.3 is 18.9 Å². The van der Waals surface area contributed by atoms with Crippen LogP contribution in [0.4, 0.5) is 5.69 Å². The molecule has 2 aromatic rings. The average Bonchev–Trinajstić information content (AvgIpc) is 2.66. The summed E-state index contributed by atoms with van der Waals surface area (Å²) in [6.07, 6.45) is 0. The summed E-state index contributed by atoms with van der Waals surface area (Å²) < 4.78 is 21.1.